The zero-order chi connectivity index (χ0) is 10.1. The second-order valence-corrected chi connectivity index (χ2v) is 3.25. The minimum absolute atomic E-state index is 0.909. The second-order valence-electron chi connectivity index (χ2n) is 3.25. The molecule has 0 saturated heterocycles. The van der Waals surface area contributed by atoms with E-state index >= 15 is 0 Å². The zero-order valence-electron chi connectivity index (χ0n) is 8.79. The molecule has 0 atom stereocenters. The Bertz CT molecular complexity index is 183. The highest BCUT2D eigenvalue weighted by molar-refractivity contribution is 5.25. The number of rotatable bonds is 7. The molecule has 0 aromatic carbocycles. The third-order valence-corrected chi connectivity index (χ3v) is 1.78. The second kappa shape index (κ2) is 7.59. The molecule has 0 aliphatic rings. The van der Waals surface area contributed by atoms with Gasteiger partial charge in [-0.3, -0.25) is 4.99 Å². The highest BCUT2D eigenvalue weighted by atomic mass is 15.1. The highest BCUT2D eigenvalue weighted by Gasteiger charge is 1.95. The normalized spacial score (nSPS) is 10.3. The van der Waals surface area contributed by atoms with Gasteiger partial charge in [0.25, 0.3) is 0 Å². The first kappa shape index (κ1) is 11.9. The fraction of sp³-hybridized carbons (Fsp3) is 0.545. The van der Waals surface area contributed by atoms with Crippen molar-refractivity contribution in [3.63, 3.8) is 0 Å². The lowest BCUT2D eigenvalue weighted by Gasteiger charge is -2.14. The molecule has 0 aliphatic carbocycles. The average molecular weight is 180 g/mol. The summed E-state index contributed by atoms with van der Waals surface area (Å²) < 4.78 is 0. The van der Waals surface area contributed by atoms with Gasteiger partial charge in [-0.2, -0.15) is 0 Å². The maximum atomic E-state index is 4.02. The largest absolute Gasteiger partial charge is 0.375 e. The Hall–Kier alpha value is -1.05. The Morgan fingerprint density at radius 2 is 2.23 bits per heavy atom. The lowest BCUT2D eigenvalue weighted by atomic mass is 10.1. The van der Waals surface area contributed by atoms with Crippen LogP contribution in [0.3, 0.4) is 0 Å². The van der Waals surface area contributed by atoms with Crippen LogP contribution < -0.4 is 0 Å². The smallest absolute Gasteiger partial charge is 0.0419 e. The summed E-state index contributed by atoms with van der Waals surface area (Å²) in [6.45, 7) is 10.5. The van der Waals surface area contributed by atoms with E-state index < -0.39 is 0 Å². The van der Waals surface area contributed by atoms with Crippen LogP contribution in [0.5, 0.6) is 0 Å². The maximum absolute atomic E-state index is 4.02. The van der Waals surface area contributed by atoms with Crippen LogP contribution in [-0.4, -0.2) is 25.2 Å². The molecule has 0 fully saturated rings. The number of hydrogen-bond acceptors (Lipinski definition) is 2. The summed E-state index contributed by atoms with van der Waals surface area (Å²) in [4.78, 5) is 5.71. The van der Waals surface area contributed by atoms with Crippen LogP contribution in [0.2, 0.25) is 0 Å². The third kappa shape index (κ3) is 7.32. The van der Waals surface area contributed by atoms with Gasteiger partial charge in [-0.25, -0.2) is 0 Å². The molecule has 2 nitrogen and oxygen atoms in total. The van der Waals surface area contributed by atoms with Crippen molar-refractivity contribution in [1.82, 2.24) is 4.90 Å². The lowest BCUT2D eigenvalue weighted by Crippen LogP contribution is -2.13. The molecule has 0 spiro atoms. The van der Waals surface area contributed by atoms with Gasteiger partial charge in [0.1, 0.15) is 0 Å². The van der Waals surface area contributed by atoms with Crippen molar-refractivity contribution in [1.29, 1.82) is 0 Å². The molecule has 0 N–H and O–H groups in total. The van der Waals surface area contributed by atoms with Gasteiger partial charge in [-0.05, 0) is 19.6 Å². The fourth-order valence-electron chi connectivity index (χ4n) is 1.07. The fourth-order valence-corrected chi connectivity index (χ4v) is 1.07. The van der Waals surface area contributed by atoms with Gasteiger partial charge < -0.3 is 4.90 Å². The highest BCUT2D eigenvalue weighted by Crippen LogP contribution is 2.06. The molecule has 0 radical (unpaired) electrons. The number of unbranched alkanes of at least 4 members (excludes halogenated alkanes) is 1. The van der Waals surface area contributed by atoms with Crippen LogP contribution in [0, 0.1) is 0 Å². The summed E-state index contributed by atoms with van der Waals surface area (Å²) in [5.41, 5.74) is 1.28. The minimum Gasteiger partial charge on any atom is -0.375 e. The molecule has 0 unspecified atom stereocenters. The van der Waals surface area contributed by atoms with E-state index in [9.17, 15) is 0 Å². The van der Waals surface area contributed by atoms with Gasteiger partial charge in [0, 0.05) is 26.0 Å². The molecule has 0 aromatic rings. The van der Waals surface area contributed by atoms with Gasteiger partial charge in [-0.1, -0.05) is 25.5 Å². The molecule has 0 saturated carbocycles. The number of likely N-dealkylation sites (N-methyl/N-ethyl adjacent to an activating group) is 1. The van der Waals surface area contributed by atoms with Crippen molar-refractivity contribution in [3.8, 4) is 0 Å². The molecular formula is C11H20N2. The van der Waals surface area contributed by atoms with E-state index in [-0.39, 0.29) is 0 Å². The zero-order valence-corrected chi connectivity index (χ0v) is 8.79. The Morgan fingerprint density at radius 1 is 1.54 bits per heavy atom. The molecule has 0 amide bonds. The Balaban J connectivity index is 3.64. The monoisotopic (exact) mass is 180 g/mol. The summed E-state index contributed by atoms with van der Waals surface area (Å²) in [5.74, 6) is 0. The summed E-state index contributed by atoms with van der Waals surface area (Å²) in [5, 5.41) is 0. The van der Waals surface area contributed by atoms with Gasteiger partial charge in [0.15, 0.2) is 0 Å². The van der Waals surface area contributed by atoms with Crippen molar-refractivity contribution in [3.05, 3.63) is 24.6 Å². The molecule has 0 heterocycles. The molecule has 74 valence electrons. The van der Waals surface area contributed by atoms with E-state index in [0.29, 0.717) is 0 Å². The average Bonchev–Trinajstić information content (AvgIpc) is 2.11. The van der Waals surface area contributed by atoms with Gasteiger partial charge >= 0.3 is 0 Å². The van der Waals surface area contributed by atoms with E-state index in [4.69, 9.17) is 0 Å². The number of hydrogen-bond donors (Lipinski definition) is 0. The van der Waals surface area contributed by atoms with Crippen LogP contribution >= 0.6 is 0 Å². The lowest BCUT2D eigenvalue weighted by molar-refractivity contribution is 0.486. The van der Waals surface area contributed by atoms with Crippen LogP contribution in [0.1, 0.15) is 26.2 Å². The first-order chi connectivity index (χ1) is 6.20. The number of aliphatic imine (C=N–C) groups is 1. The SMILES string of the molecule is C=N/C=C\N(C)CC(=C)CCCC. The third-order valence-electron chi connectivity index (χ3n) is 1.78. The summed E-state index contributed by atoms with van der Waals surface area (Å²) in [6.07, 6.45) is 7.18. The van der Waals surface area contributed by atoms with Crippen LogP contribution in [0.4, 0.5) is 0 Å². The van der Waals surface area contributed by atoms with Gasteiger partial charge in [-0.15, -0.1) is 0 Å². The van der Waals surface area contributed by atoms with E-state index in [1.54, 1.807) is 6.20 Å². The number of nitrogens with zero attached hydrogens (tertiary/aromatic N) is 2. The predicted octanol–water partition coefficient (Wildman–Crippen LogP) is 2.84. The van der Waals surface area contributed by atoms with Crippen LogP contribution in [0.15, 0.2) is 29.5 Å². The first-order valence-electron chi connectivity index (χ1n) is 4.70. The standard InChI is InChI=1S/C11H20N2/c1-5-6-7-11(2)10-13(4)9-8-12-3/h8-9H,2-3,5-7,10H2,1,4H3/b9-8-. The van der Waals surface area contributed by atoms with Crippen LogP contribution in [-0.2, 0) is 0 Å². The van der Waals surface area contributed by atoms with Crippen molar-refractivity contribution in [2.75, 3.05) is 13.6 Å². The summed E-state index contributed by atoms with van der Waals surface area (Å²) >= 11 is 0. The molecule has 0 aliphatic heterocycles. The Kier molecular flexibility index (Phi) is 6.98. The van der Waals surface area contributed by atoms with E-state index in [1.807, 2.05) is 13.2 Å². The minimum atomic E-state index is 0.909. The van der Waals surface area contributed by atoms with E-state index in [0.717, 1.165) is 13.0 Å². The first-order valence-corrected chi connectivity index (χ1v) is 4.70. The predicted molar refractivity (Wildman–Crippen MR) is 60.0 cm³/mol. The summed E-state index contributed by atoms with van der Waals surface area (Å²) in [6, 6.07) is 0. The van der Waals surface area contributed by atoms with Crippen molar-refractivity contribution in [2.45, 2.75) is 26.2 Å². The van der Waals surface area contributed by atoms with Gasteiger partial charge in [0.05, 0.1) is 0 Å². The van der Waals surface area contributed by atoms with E-state index in [1.165, 1.54) is 18.4 Å². The topological polar surface area (TPSA) is 15.6 Å². The van der Waals surface area contributed by atoms with Gasteiger partial charge in [0.2, 0.25) is 0 Å². The van der Waals surface area contributed by atoms with Crippen LogP contribution in [0.25, 0.3) is 0 Å². The Morgan fingerprint density at radius 3 is 2.77 bits per heavy atom. The molecule has 0 bridgehead atoms. The Labute approximate surface area is 81.7 Å². The summed E-state index contributed by atoms with van der Waals surface area (Å²) in [7, 11) is 2.01. The van der Waals surface area contributed by atoms with Crippen molar-refractivity contribution >= 4 is 6.72 Å². The molecule has 0 aromatic heterocycles. The molecule has 13 heavy (non-hydrogen) atoms. The van der Waals surface area contributed by atoms with Crippen molar-refractivity contribution < 1.29 is 0 Å². The molecular weight excluding hydrogens is 160 g/mol. The maximum Gasteiger partial charge on any atom is 0.0419 e. The molecule has 2 heteroatoms. The van der Waals surface area contributed by atoms with Crippen molar-refractivity contribution in [2.24, 2.45) is 4.99 Å². The van der Waals surface area contributed by atoms with E-state index in [2.05, 4.69) is 30.1 Å². The quantitative estimate of drug-likeness (QED) is 0.434. The molecule has 0 rings (SSSR count).